The van der Waals surface area contributed by atoms with Gasteiger partial charge >= 0.3 is 0 Å². The first-order chi connectivity index (χ1) is 7.07. The van der Waals surface area contributed by atoms with Crippen molar-refractivity contribution in [2.75, 3.05) is 19.6 Å². The molecular weight excluding hydrogens is 184 g/mol. The normalized spacial score (nSPS) is 32.6. The van der Waals surface area contributed by atoms with Gasteiger partial charge in [-0.1, -0.05) is 20.8 Å². The monoisotopic (exact) mass is 210 g/mol. The van der Waals surface area contributed by atoms with Crippen molar-refractivity contribution in [1.82, 2.24) is 10.6 Å². The van der Waals surface area contributed by atoms with E-state index in [4.69, 9.17) is 0 Å². The molecule has 2 fully saturated rings. The number of rotatable bonds is 4. The Labute approximate surface area is 94.2 Å². The van der Waals surface area contributed by atoms with Gasteiger partial charge in [0, 0.05) is 6.04 Å². The third-order valence-corrected chi connectivity index (χ3v) is 4.31. The summed E-state index contributed by atoms with van der Waals surface area (Å²) in [5.41, 5.74) is 0.582. The molecule has 0 bridgehead atoms. The standard InChI is InChI=1S/C13H26N2/c1-10(11-8-14-9-11)7-15-12-4-5-13(2,3)6-12/h10-12,14-15H,4-9H2,1-3H3. The zero-order valence-electron chi connectivity index (χ0n) is 10.5. The summed E-state index contributed by atoms with van der Waals surface area (Å²) in [6, 6.07) is 0.787. The maximum Gasteiger partial charge on any atom is 0.00724 e. The highest BCUT2D eigenvalue weighted by atomic mass is 15.0. The first-order valence-corrected chi connectivity index (χ1v) is 6.51. The number of hydrogen-bond acceptors (Lipinski definition) is 2. The molecule has 2 N–H and O–H groups in total. The van der Waals surface area contributed by atoms with Crippen LogP contribution >= 0.6 is 0 Å². The molecule has 0 spiro atoms. The van der Waals surface area contributed by atoms with Gasteiger partial charge in [0.1, 0.15) is 0 Å². The largest absolute Gasteiger partial charge is 0.316 e. The van der Waals surface area contributed by atoms with Crippen LogP contribution in [0.1, 0.15) is 40.0 Å². The van der Waals surface area contributed by atoms with E-state index >= 15 is 0 Å². The molecule has 1 aliphatic carbocycles. The van der Waals surface area contributed by atoms with Gasteiger partial charge < -0.3 is 10.6 Å². The lowest BCUT2D eigenvalue weighted by atomic mass is 9.88. The van der Waals surface area contributed by atoms with Crippen molar-refractivity contribution < 1.29 is 0 Å². The van der Waals surface area contributed by atoms with E-state index in [-0.39, 0.29) is 0 Å². The van der Waals surface area contributed by atoms with Crippen LogP contribution in [0, 0.1) is 17.3 Å². The molecule has 15 heavy (non-hydrogen) atoms. The second-order valence-electron chi connectivity index (χ2n) is 6.41. The van der Waals surface area contributed by atoms with Crippen molar-refractivity contribution in [2.24, 2.45) is 17.3 Å². The van der Waals surface area contributed by atoms with Gasteiger partial charge in [-0.15, -0.1) is 0 Å². The highest BCUT2D eigenvalue weighted by Crippen LogP contribution is 2.36. The SMILES string of the molecule is CC(CNC1CCC(C)(C)C1)C1CNC1. The van der Waals surface area contributed by atoms with E-state index in [2.05, 4.69) is 31.4 Å². The summed E-state index contributed by atoms with van der Waals surface area (Å²) in [6.45, 7) is 10.9. The molecule has 0 aromatic heterocycles. The number of hydrogen-bond donors (Lipinski definition) is 2. The van der Waals surface area contributed by atoms with Gasteiger partial charge in [0.25, 0.3) is 0 Å². The summed E-state index contributed by atoms with van der Waals surface area (Å²) in [5.74, 6) is 1.77. The summed E-state index contributed by atoms with van der Waals surface area (Å²) >= 11 is 0. The second-order valence-corrected chi connectivity index (χ2v) is 6.41. The molecule has 2 nitrogen and oxygen atoms in total. The minimum atomic E-state index is 0.582. The van der Waals surface area contributed by atoms with Gasteiger partial charge in [-0.25, -0.2) is 0 Å². The third kappa shape index (κ3) is 2.94. The van der Waals surface area contributed by atoms with Crippen molar-refractivity contribution in [3.63, 3.8) is 0 Å². The van der Waals surface area contributed by atoms with E-state index in [0.717, 1.165) is 17.9 Å². The van der Waals surface area contributed by atoms with E-state index in [0.29, 0.717) is 5.41 Å². The fourth-order valence-electron chi connectivity index (χ4n) is 2.84. The van der Waals surface area contributed by atoms with Crippen molar-refractivity contribution in [2.45, 2.75) is 46.1 Å². The van der Waals surface area contributed by atoms with Gasteiger partial charge in [-0.05, 0) is 56.1 Å². The summed E-state index contributed by atoms with van der Waals surface area (Å²) in [6.07, 6.45) is 4.13. The fraction of sp³-hybridized carbons (Fsp3) is 1.00. The third-order valence-electron chi connectivity index (χ3n) is 4.31. The van der Waals surface area contributed by atoms with Crippen LogP contribution in [0.4, 0.5) is 0 Å². The van der Waals surface area contributed by atoms with Crippen LogP contribution in [0.3, 0.4) is 0 Å². The summed E-state index contributed by atoms with van der Waals surface area (Å²) in [4.78, 5) is 0. The van der Waals surface area contributed by atoms with Crippen molar-refractivity contribution in [1.29, 1.82) is 0 Å². The average molecular weight is 210 g/mol. The molecule has 1 saturated carbocycles. The minimum absolute atomic E-state index is 0.582. The van der Waals surface area contributed by atoms with Crippen LogP contribution in [0.15, 0.2) is 0 Å². The van der Waals surface area contributed by atoms with Crippen LogP contribution in [0.2, 0.25) is 0 Å². The maximum atomic E-state index is 3.76. The predicted molar refractivity (Wildman–Crippen MR) is 64.9 cm³/mol. The van der Waals surface area contributed by atoms with Crippen LogP contribution in [0.5, 0.6) is 0 Å². The first-order valence-electron chi connectivity index (χ1n) is 6.51. The molecule has 88 valence electrons. The molecule has 0 amide bonds. The smallest absolute Gasteiger partial charge is 0.00724 e. The van der Waals surface area contributed by atoms with Gasteiger partial charge in [0.15, 0.2) is 0 Å². The lowest BCUT2D eigenvalue weighted by Crippen LogP contribution is -2.48. The van der Waals surface area contributed by atoms with Gasteiger partial charge in [0.2, 0.25) is 0 Å². The minimum Gasteiger partial charge on any atom is -0.316 e. The van der Waals surface area contributed by atoms with E-state index in [1.54, 1.807) is 0 Å². The maximum absolute atomic E-state index is 3.76. The van der Waals surface area contributed by atoms with E-state index < -0.39 is 0 Å². The van der Waals surface area contributed by atoms with Gasteiger partial charge in [0.05, 0.1) is 0 Å². The molecular formula is C13H26N2. The molecule has 2 heteroatoms. The predicted octanol–water partition coefficient (Wildman–Crippen LogP) is 2.01. The highest BCUT2D eigenvalue weighted by molar-refractivity contribution is 4.88. The number of nitrogens with one attached hydrogen (secondary N) is 2. The highest BCUT2D eigenvalue weighted by Gasteiger charge is 2.31. The topological polar surface area (TPSA) is 24.1 Å². The molecule has 1 heterocycles. The first kappa shape index (κ1) is 11.4. The molecule has 2 unspecified atom stereocenters. The molecule has 0 aromatic rings. The molecule has 2 rings (SSSR count). The molecule has 2 aliphatic rings. The molecule has 2 atom stereocenters. The van der Waals surface area contributed by atoms with Crippen LogP contribution in [-0.2, 0) is 0 Å². The van der Waals surface area contributed by atoms with Crippen LogP contribution < -0.4 is 10.6 Å². The Balaban J connectivity index is 1.65. The molecule has 0 aromatic carbocycles. The van der Waals surface area contributed by atoms with Crippen molar-refractivity contribution in [3.05, 3.63) is 0 Å². The van der Waals surface area contributed by atoms with Gasteiger partial charge in [-0.2, -0.15) is 0 Å². The zero-order valence-corrected chi connectivity index (χ0v) is 10.5. The van der Waals surface area contributed by atoms with Crippen molar-refractivity contribution in [3.8, 4) is 0 Å². The fourth-order valence-corrected chi connectivity index (χ4v) is 2.84. The molecule has 0 radical (unpaired) electrons. The summed E-state index contributed by atoms with van der Waals surface area (Å²) in [7, 11) is 0. The average Bonchev–Trinajstić information content (AvgIpc) is 2.39. The Hall–Kier alpha value is -0.0800. The quantitative estimate of drug-likeness (QED) is 0.742. The Kier molecular flexibility index (Phi) is 3.36. The van der Waals surface area contributed by atoms with E-state index in [1.165, 1.54) is 38.9 Å². The second kappa shape index (κ2) is 4.42. The Morgan fingerprint density at radius 3 is 2.60 bits per heavy atom. The lowest BCUT2D eigenvalue weighted by molar-refractivity contribution is 0.235. The Morgan fingerprint density at radius 2 is 2.13 bits per heavy atom. The van der Waals surface area contributed by atoms with Crippen LogP contribution in [0.25, 0.3) is 0 Å². The van der Waals surface area contributed by atoms with Gasteiger partial charge in [-0.3, -0.25) is 0 Å². The summed E-state index contributed by atoms with van der Waals surface area (Å²) < 4.78 is 0. The molecule has 1 saturated heterocycles. The van der Waals surface area contributed by atoms with Crippen molar-refractivity contribution >= 4 is 0 Å². The van der Waals surface area contributed by atoms with Crippen LogP contribution in [-0.4, -0.2) is 25.7 Å². The van der Waals surface area contributed by atoms with E-state index in [1.807, 2.05) is 0 Å². The Bertz CT molecular complexity index is 209. The lowest BCUT2D eigenvalue weighted by Gasteiger charge is -2.33. The summed E-state index contributed by atoms with van der Waals surface area (Å²) in [5, 5.41) is 7.11. The van der Waals surface area contributed by atoms with E-state index in [9.17, 15) is 0 Å². The Morgan fingerprint density at radius 1 is 1.40 bits per heavy atom. The molecule has 1 aliphatic heterocycles. The zero-order chi connectivity index (χ0) is 10.9.